The molecule has 1 aromatic rings. The van der Waals surface area contributed by atoms with Gasteiger partial charge >= 0.3 is 0 Å². The van der Waals surface area contributed by atoms with Crippen molar-refractivity contribution in [2.75, 3.05) is 13.1 Å². The number of amides is 1. The molecule has 2 aliphatic carbocycles. The molecular formula is C20H28N2O3S. The van der Waals surface area contributed by atoms with Gasteiger partial charge in [-0.1, -0.05) is 43.2 Å². The van der Waals surface area contributed by atoms with E-state index in [0.29, 0.717) is 31.3 Å². The Hall–Kier alpha value is -1.40. The van der Waals surface area contributed by atoms with Gasteiger partial charge in [0.25, 0.3) is 0 Å². The van der Waals surface area contributed by atoms with Crippen molar-refractivity contribution in [2.24, 2.45) is 5.92 Å². The number of nitrogens with one attached hydrogen (secondary N) is 1. The van der Waals surface area contributed by atoms with Crippen LogP contribution in [0.1, 0.15) is 56.4 Å². The van der Waals surface area contributed by atoms with E-state index in [2.05, 4.69) is 29.0 Å². The molecule has 1 N–H and O–H groups in total. The van der Waals surface area contributed by atoms with Gasteiger partial charge in [0.1, 0.15) is 5.25 Å². The van der Waals surface area contributed by atoms with E-state index in [-0.39, 0.29) is 11.9 Å². The van der Waals surface area contributed by atoms with Crippen LogP contribution in [-0.2, 0) is 14.8 Å². The van der Waals surface area contributed by atoms with E-state index in [9.17, 15) is 13.2 Å². The lowest BCUT2D eigenvalue weighted by molar-refractivity contribution is -0.136. The van der Waals surface area contributed by atoms with Gasteiger partial charge in [-0.25, -0.2) is 13.1 Å². The van der Waals surface area contributed by atoms with Gasteiger partial charge < -0.3 is 4.90 Å². The Morgan fingerprint density at radius 3 is 2.38 bits per heavy atom. The molecule has 0 aromatic heterocycles. The van der Waals surface area contributed by atoms with Crippen LogP contribution in [0.5, 0.6) is 0 Å². The molecule has 5 nitrogen and oxygen atoms in total. The number of benzene rings is 1. The Balaban J connectivity index is 1.19. The average Bonchev–Trinajstić information content (AvgIpc) is 3.01. The number of sulfonamides is 1. The Morgan fingerprint density at radius 1 is 1.08 bits per heavy atom. The van der Waals surface area contributed by atoms with Crippen LogP contribution in [0.4, 0.5) is 0 Å². The summed E-state index contributed by atoms with van der Waals surface area (Å²) in [4.78, 5) is 14.1. The molecule has 1 amide bonds. The maximum absolute atomic E-state index is 12.4. The predicted molar refractivity (Wildman–Crippen MR) is 101 cm³/mol. The first-order chi connectivity index (χ1) is 12.5. The first-order valence-electron chi connectivity index (χ1n) is 9.85. The Labute approximate surface area is 156 Å². The van der Waals surface area contributed by atoms with Gasteiger partial charge in [0.2, 0.25) is 15.9 Å². The highest BCUT2D eigenvalue weighted by Crippen LogP contribution is 2.43. The second kappa shape index (κ2) is 7.31. The van der Waals surface area contributed by atoms with Gasteiger partial charge in [0, 0.05) is 25.6 Å². The van der Waals surface area contributed by atoms with Gasteiger partial charge in [-0.15, -0.1) is 0 Å². The molecule has 3 aliphatic rings. The van der Waals surface area contributed by atoms with Gasteiger partial charge in [-0.3, -0.25) is 4.79 Å². The number of rotatable bonds is 6. The van der Waals surface area contributed by atoms with E-state index >= 15 is 0 Å². The molecule has 0 spiro atoms. The molecule has 0 radical (unpaired) electrons. The summed E-state index contributed by atoms with van der Waals surface area (Å²) < 4.78 is 27.6. The third-order valence-electron chi connectivity index (χ3n) is 6.30. The number of carbonyl (C=O) groups is 1. The molecule has 142 valence electrons. The number of carbonyl (C=O) groups excluding carboxylic acids is 1. The molecule has 0 bridgehead atoms. The molecule has 0 unspecified atom stereocenters. The van der Waals surface area contributed by atoms with E-state index in [1.54, 1.807) is 4.90 Å². The molecular weight excluding hydrogens is 348 g/mol. The molecule has 0 atom stereocenters. The minimum Gasteiger partial charge on any atom is -0.340 e. The van der Waals surface area contributed by atoms with Crippen LogP contribution in [0, 0.1) is 5.92 Å². The SMILES string of the molecule is O=C(CC1CC(c2ccccc2)C1)N1CC(S(=O)(=O)NC2CCCC2)C1. The zero-order chi connectivity index (χ0) is 18.1. The molecule has 3 fully saturated rings. The first kappa shape index (κ1) is 18.0. The predicted octanol–water partition coefficient (Wildman–Crippen LogP) is 2.64. The van der Waals surface area contributed by atoms with Crippen molar-refractivity contribution >= 4 is 15.9 Å². The summed E-state index contributed by atoms with van der Waals surface area (Å²) in [7, 11) is -3.28. The monoisotopic (exact) mass is 376 g/mol. The number of nitrogens with zero attached hydrogens (tertiary/aromatic N) is 1. The fourth-order valence-electron chi connectivity index (χ4n) is 4.49. The molecule has 1 saturated heterocycles. The summed E-state index contributed by atoms with van der Waals surface area (Å²) in [5.41, 5.74) is 1.37. The van der Waals surface area contributed by atoms with Crippen molar-refractivity contribution in [3.63, 3.8) is 0 Å². The van der Waals surface area contributed by atoms with Gasteiger partial charge in [0.15, 0.2) is 0 Å². The van der Waals surface area contributed by atoms with Crippen molar-refractivity contribution < 1.29 is 13.2 Å². The van der Waals surface area contributed by atoms with Crippen molar-refractivity contribution in [2.45, 2.75) is 62.2 Å². The zero-order valence-corrected chi connectivity index (χ0v) is 16.0. The van der Waals surface area contributed by atoms with Crippen LogP contribution in [0.25, 0.3) is 0 Å². The molecule has 1 aliphatic heterocycles. The Kier molecular flexibility index (Phi) is 5.06. The summed E-state index contributed by atoms with van der Waals surface area (Å²) in [6.07, 6.45) is 6.79. The van der Waals surface area contributed by atoms with Gasteiger partial charge in [0.05, 0.1) is 0 Å². The summed E-state index contributed by atoms with van der Waals surface area (Å²) in [6.45, 7) is 0.714. The van der Waals surface area contributed by atoms with Crippen molar-refractivity contribution in [3.8, 4) is 0 Å². The van der Waals surface area contributed by atoms with Crippen LogP contribution in [0.2, 0.25) is 0 Å². The summed E-state index contributed by atoms with van der Waals surface area (Å²) in [6, 6.07) is 10.6. The van der Waals surface area contributed by atoms with Crippen LogP contribution < -0.4 is 4.72 Å². The second-order valence-electron chi connectivity index (χ2n) is 8.21. The van der Waals surface area contributed by atoms with Crippen LogP contribution in [-0.4, -0.2) is 43.6 Å². The highest BCUT2D eigenvalue weighted by atomic mass is 32.2. The quantitative estimate of drug-likeness (QED) is 0.830. The standard InChI is InChI=1S/C20H28N2O3S/c23-20(12-15-10-17(11-15)16-6-2-1-3-7-16)22-13-19(14-22)26(24,25)21-18-8-4-5-9-18/h1-3,6-7,15,17-19,21H,4-5,8-14H2. The second-order valence-corrected chi connectivity index (χ2v) is 10.2. The Morgan fingerprint density at radius 2 is 1.73 bits per heavy atom. The lowest BCUT2D eigenvalue weighted by atomic mass is 9.70. The van der Waals surface area contributed by atoms with Crippen molar-refractivity contribution in [1.29, 1.82) is 0 Å². The minimum atomic E-state index is -3.28. The van der Waals surface area contributed by atoms with Gasteiger partial charge in [-0.05, 0) is 43.1 Å². The van der Waals surface area contributed by atoms with E-state index in [1.165, 1.54) is 5.56 Å². The molecule has 1 heterocycles. The number of likely N-dealkylation sites (tertiary alicyclic amines) is 1. The van der Waals surface area contributed by atoms with E-state index in [1.807, 2.05) is 6.07 Å². The normalized spacial score (nSPS) is 27.2. The topological polar surface area (TPSA) is 66.5 Å². The van der Waals surface area contributed by atoms with Crippen molar-refractivity contribution in [1.82, 2.24) is 9.62 Å². The van der Waals surface area contributed by atoms with Crippen molar-refractivity contribution in [3.05, 3.63) is 35.9 Å². The third kappa shape index (κ3) is 3.81. The number of hydrogen-bond acceptors (Lipinski definition) is 3. The summed E-state index contributed by atoms with van der Waals surface area (Å²) in [5.74, 6) is 1.14. The largest absolute Gasteiger partial charge is 0.340 e. The first-order valence-corrected chi connectivity index (χ1v) is 11.4. The molecule has 26 heavy (non-hydrogen) atoms. The minimum absolute atomic E-state index is 0.106. The molecule has 1 aromatic carbocycles. The lowest BCUT2D eigenvalue weighted by Crippen LogP contribution is -2.60. The highest BCUT2D eigenvalue weighted by Gasteiger charge is 2.42. The fraction of sp³-hybridized carbons (Fsp3) is 0.650. The highest BCUT2D eigenvalue weighted by molar-refractivity contribution is 7.90. The Bertz CT molecular complexity index is 732. The molecule has 2 saturated carbocycles. The summed E-state index contributed by atoms with van der Waals surface area (Å²) >= 11 is 0. The van der Waals surface area contributed by atoms with Crippen LogP contribution in [0.15, 0.2) is 30.3 Å². The maximum Gasteiger partial charge on any atom is 0.222 e. The molecule has 6 heteroatoms. The fourth-order valence-corrected chi connectivity index (χ4v) is 6.13. The zero-order valence-electron chi connectivity index (χ0n) is 15.1. The molecule has 4 rings (SSSR count). The number of hydrogen-bond donors (Lipinski definition) is 1. The van der Waals surface area contributed by atoms with E-state index in [4.69, 9.17) is 0 Å². The van der Waals surface area contributed by atoms with Crippen LogP contribution >= 0.6 is 0 Å². The average molecular weight is 377 g/mol. The smallest absolute Gasteiger partial charge is 0.222 e. The van der Waals surface area contributed by atoms with E-state index in [0.717, 1.165) is 38.5 Å². The maximum atomic E-state index is 12.4. The van der Waals surface area contributed by atoms with E-state index < -0.39 is 15.3 Å². The van der Waals surface area contributed by atoms with Crippen LogP contribution in [0.3, 0.4) is 0 Å². The third-order valence-corrected chi connectivity index (χ3v) is 8.13. The van der Waals surface area contributed by atoms with Gasteiger partial charge in [-0.2, -0.15) is 0 Å². The lowest BCUT2D eigenvalue weighted by Gasteiger charge is -2.41. The summed E-state index contributed by atoms with van der Waals surface area (Å²) in [5, 5.41) is -0.425.